The minimum absolute atomic E-state index is 0.00178. The molecule has 1 aromatic rings. The summed E-state index contributed by atoms with van der Waals surface area (Å²) in [5.41, 5.74) is -0.00178. The maximum absolute atomic E-state index is 13.4. The Bertz CT molecular complexity index is 388. The van der Waals surface area contributed by atoms with Crippen LogP contribution in [0.15, 0.2) is 16.6 Å². The van der Waals surface area contributed by atoms with Crippen LogP contribution in [0.1, 0.15) is 31.1 Å². The molecule has 0 N–H and O–H groups in total. The summed E-state index contributed by atoms with van der Waals surface area (Å²) >= 11 is 3.23. The van der Waals surface area contributed by atoms with Gasteiger partial charge in [-0.15, -0.1) is 0 Å². The Labute approximate surface area is 96.6 Å². The maximum Gasteiger partial charge on any atom is 0.166 e. The number of ketones is 1. The number of carbonyl (C=O) groups is 1. The minimum atomic E-state index is -0.554. The summed E-state index contributed by atoms with van der Waals surface area (Å²) < 4.78 is 19.4. The highest BCUT2D eigenvalue weighted by atomic mass is 79.9. The maximum atomic E-state index is 13.4. The van der Waals surface area contributed by atoms with Crippen LogP contribution in [0.4, 0.5) is 4.39 Å². The molecule has 0 spiro atoms. The van der Waals surface area contributed by atoms with Crippen LogP contribution >= 0.6 is 15.9 Å². The SMILES string of the molecule is CC(=O)c1c(F)ccc(Br)c1OC(C)C. The first kappa shape index (κ1) is 12.2. The van der Waals surface area contributed by atoms with Crippen molar-refractivity contribution in [2.45, 2.75) is 26.9 Å². The normalized spacial score (nSPS) is 10.5. The van der Waals surface area contributed by atoms with Crippen molar-refractivity contribution in [1.82, 2.24) is 0 Å². The lowest BCUT2D eigenvalue weighted by molar-refractivity contribution is 0.100. The highest BCUT2D eigenvalue weighted by molar-refractivity contribution is 9.10. The zero-order chi connectivity index (χ0) is 11.6. The molecule has 0 heterocycles. The molecule has 0 fully saturated rings. The molecule has 0 unspecified atom stereocenters. The van der Waals surface area contributed by atoms with Gasteiger partial charge in [-0.25, -0.2) is 4.39 Å². The summed E-state index contributed by atoms with van der Waals surface area (Å²) in [6, 6.07) is 2.77. The number of halogens is 2. The molecule has 0 aliphatic rings. The van der Waals surface area contributed by atoms with Gasteiger partial charge < -0.3 is 4.74 Å². The van der Waals surface area contributed by atoms with E-state index >= 15 is 0 Å². The molecule has 0 saturated carbocycles. The van der Waals surface area contributed by atoms with E-state index in [2.05, 4.69) is 15.9 Å². The summed E-state index contributed by atoms with van der Waals surface area (Å²) in [6.45, 7) is 4.96. The van der Waals surface area contributed by atoms with E-state index in [1.807, 2.05) is 13.8 Å². The second kappa shape index (κ2) is 4.75. The minimum Gasteiger partial charge on any atom is -0.489 e. The van der Waals surface area contributed by atoms with Crippen molar-refractivity contribution in [3.63, 3.8) is 0 Å². The molecular formula is C11H12BrFO2. The van der Waals surface area contributed by atoms with E-state index in [0.717, 1.165) is 0 Å². The first-order valence-electron chi connectivity index (χ1n) is 4.59. The summed E-state index contributed by atoms with van der Waals surface area (Å²) in [5.74, 6) is -0.622. The van der Waals surface area contributed by atoms with Crippen molar-refractivity contribution in [3.05, 3.63) is 28.0 Å². The van der Waals surface area contributed by atoms with Gasteiger partial charge in [-0.05, 0) is 48.8 Å². The number of benzene rings is 1. The number of carbonyl (C=O) groups excluding carboxylic acids is 1. The van der Waals surface area contributed by atoms with Crippen molar-refractivity contribution in [3.8, 4) is 5.75 Å². The molecule has 0 aliphatic heterocycles. The van der Waals surface area contributed by atoms with Crippen molar-refractivity contribution >= 4 is 21.7 Å². The number of hydrogen-bond acceptors (Lipinski definition) is 2. The van der Waals surface area contributed by atoms with Crippen LogP contribution in [0.25, 0.3) is 0 Å². The van der Waals surface area contributed by atoms with E-state index in [1.54, 1.807) is 0 Å². The molecule has 1 aromatic carbocycles. The predicted octanol–water partition coefficient (Wildman–Crippen LogP) is 3.58. The van der Waals surface area contributed by atoms with Gasteiger partial charge in [0, 0.05) is 0 Å². The van der Waals surface area contributed by atoms with Crippen molar-refractivity contribution < 1.29 is 13.9 Å². The monoisotopic (exact) mass is 274 g/mol. The third-order valence-electron chi connectivity index (χ3n) is 1.76. The van der Waals surface area contributed by atoms with E-state index in [1.165, 1.54) is 19.1 Å². The van der Waals surface area contributed by atoms with Crippen LogP contribution in [0.3, 0.4) is 0 Å². The quantitative estimate of drug-likeness (QED) is 0.788. The molecule has 82 valence electrons. The second-order valence-corrected chi connectivity index (χ2v) is 4.31. The molecule has 0 atom stereocenters. The Kier molecular flexibility index (Phi) is 3.85. The largest absolute Gasteiger partial charge is 0.489 e. The predicted molar refractivity (Wildman–Crippen MR) is 59.9 cm³/mol. The summed E-state index contributed by atoms with van der Waals surface area (Å²) in [6.07, 6.45) is -0.110. The van der Waals surface area contributed by atoms with Gasteiger partial charge in [-0.1, -0.05) is 0 Å². The Hall–Kier alpha value is -0.900. The van der Waals surface area contributed by atoms with Crippen molar-refractivity contribution in [2.75, 3.05) is 0 Å². The van der Waals surface area contributed by atoms with Gasteiger partial charge in [0.2, 0.25) is 0 Å². The molecule has 1 rings (SSSR count). The lowest BCUT2D eigenvalue weighted by atomic mass is 10.1. The molecule has 2 nitrogen and oxygen atoms in total. The van der Waals surface area contributed by atoms with Crippen LogP contribution in [0.2, 0.25) is 0 Å². The fourth-order valence-corrected chi connectivity index (χ4v) is 1.64. The molecule has 0 bridgehead atoms. The molecule has 0 amide bonds. The van der Waals surface area contributed by atoms with Crippen LogP contribution in [0, 0.1) is 5.82 Å². The van der Waals surface area contributed by atoms with Crippen LogP contribution in [-0.4, -0.2) is 11.9 Å². The first-order valence-corrected chi connectivity index (χ1v) is 5.38. The van der Waals surface area contributed by atoms with E-state index in [9.17, 15) is 9.18 Å². The van der Waals surface area contributed by atoms with Crippen molar-refractivity contribution in [1.29, 1.82) is 0 Å². The standard InChI is InChI=1S/C11H12BrFO2/c1-6(2)15-11-8(12)4-5-9(13)10(11)7(3)14/h4-6H,1-3H3. The fourth-order valence-electron chi connectivity index (χ4n) is 1.21. The Morgan fingerprint density at radius 3 is 2.53 bits per heavy atom. The third-order valence-corrected chi connectivity index (χ3v) is 2.39. The van der Waals surface area contributed by atoms with E-state index in [4.69, 9.17) is 4.74 Å². The number of Topliss-reactive ketones (excluding diaryl/α,β-unsaturated/α-hetero) is 1. The van der Waals surface area contributed by atoms with Gasteiger partial charge >= 0.3 is 0 Å². The number of ether oxygens (including phenoxy) is 1. The lowest BCUT2D eigenvalue weighted by Crippen LogP contribution is -2.11. The lowest BCUT2D eigenvalue weighted by Gasteiger charge is -2.14. The Balaban J connectivity index is 3.31. The highest BCUT2D eigenvalue weighted by Crippen LogP contribution is 2.32. The molecular weight excluding hydrogens is 263 g/mol. The summed E-state index contributed by atoms with van der Waals surface area (Å²) in [5, 5.41) is 0. The molecule has 0 aliphatic carbocycles. The Morgan fingerprint density at radius 2 is 2.07 bits per heavy atom. The van der Waals surface area contributed by atoms with E-state index in [0.29, 0.717) is 4.47 Å². The molecule has 15 heavy (non-hydrogen) atoms. The van der Waals surface area contributed by atoms with Crippen LogP contribution < -0.4 is 4.74 Å². The molecule has 0 aromatic heterocycles. The van der Waals surface area contributed by atoms with Gasteiger partial charge in [0.25, 0.3) is 0 Å². The van der Waals surface area contributed by atoms with Crippen molar-refractivity contribution in [2.24, 2.45) is 0 Å². The summed E-state index contributed by atoms with van der Waals surface area (Å²) in [7, 11) is 0. The van der Waals surface area contributed by atoms with Gasteiger partial charge in [-0.2, -0.15) is 0 Å². The smallest absolute Gasteiger partial charge is 0.166 e. The average molecular weight is 275 g/mol. The number of rotatable bonds is 3. The molecule has 4 heteroatoms. The van der Waals surface area contributed by atoms with Gasteiger partial charge in [0.15, 0.2) is 5.78 Å². The van der Waals surface area contributed by atoms with Gasteiger partial charge in [0.05, 0.1) is 16.1 Å². The highest BCUT2D eigenvalue weighted by Gasteiger charge is 2.18. The van der Waals surface area contributed by atoms with Crippen LogP contribution in [0.5, 0.6) is 5.75 Å². The second-order valence-electron chi connectivity index (χ2n) is 3.46. The average Bonchev–Trinajstić information content (AvgIpc) is 2.10. The van der Waals surface area contributed by atoms with E-state index in [-0.39, 0.29) is 23.2 Å². The summed E-state index contributed by atoms with van der Waals surface area (Å²) in [4.78, 5) is 11.3. The Morgan fingerprint density at radius 1 is 1.47 bits per heavy atom. The van der Waals surface area contributed by atoms with Gasteiger partial charge in [0.1, 0.15) is 11.6 Å². The third kappa shape index (κ3) is 2.78. The first-order chi connectivity index (χ1) is 6.93. The van der Waals surface area contributed by atoms with Crippen LogP contribution in [-0.2, 0) is 0 Å². The number of hydrogen-bond donors (Lipinski definition) is 0. The molecule has 0 saturated heterocycles. The molecule has 0 radical (unpaired) electrons. The zero-order valence-electron chi connectivity index (χ0n) is 8.80. The fraction of sp³-hybridized carbons (Fsp3) is 0.364. The topological polar surface area (TPSA) is 26.3 Å². The zero-order valence-corrected chi connectivity index (χ0v) is 10.4. The van der Waals surface area contributed by atoms with E-state index < -0.39 is 5.82 Å². The van der Waals surface area contributed by atoms with Gasteiger partial charge in [-0.3, -0.25) is 4.79 Å².